The number of carbonyl (C=O) groups excluding carboxylic acids is 1. The molecule has 0 unspecified atom stereocenters. The summed E-state index contributed by atoms with van der Waals surface area (Å²) in [6.07, 6.45) is 6.11. The van der Waals surface area contributed by atoms with Crippen LogP contribution < -0.4 is 9.62 Å². The summed E-state index contributed by atoms with van der Waals surface area (Å²) in [4.78, 5) is 16.2. The number of carbonyl (C=O) groups is 1. The summed E-state index contributed by atoms with van der Waals surface area (Å²) < 4.78 is 40.6. The molecule has 0 radical (unpaired) electrons. The van der Waals surface area contributed by atoms with Crippen LogP contribution in [-0.4, -0.2) is 36.7 Å². The van der Waals surface area contributed by atoms with Gasteiger partial charge < -0.3 is 9.88 Å². The molecule has 3 rings (SSSR count). The number of aromatic nitrogens is 2. The maximum absolute atomic E-state index is 14.0. The highest BCUT2D eigenvalue weighted by Crippen LogP contribution is 2.21. The summed E-state index contributed by atoms with van der Waals surface area (Å²) >= 11 is 0. The topological polar surface area (TPSA) is 84.3 Å². The van der Waals surface area contributed by atoms with Gasteiger partial charge in [-0.2, -0.15) is 0 Å². The smallest absolute Gasteiger partial charge is 0.241 e. The molecule has 0 atom stereocenters. The largest absolute Gasteiger partial charge is 0.350 e. The Morgan fingerprint density at radius 3 is 2.50 bits per heavy atom. The van der Waals surface area contributed by atoms with Crippen molar-refractivity contribution in [1.82, 2.24) is 14.9 Å². The zero-order valence-corrected chi connectivity index (χ0v) is 15.9. The van der Waals surface area contributed by atoms with Gasteiger partial charge in [0.2, 0.25) is 15.9 Å². The van der Waals surface area contributed by atoms with Crippen LogP contribution in [-0.2, 0) is 21.4 Å². The molecule has 3 aromatic rings. The average molecular weight is 402 g/mol. The number of nitrogens with zero attached hydrogens (tertiary/aromatic N) is 3. The first kappa shape index (κ1) is 19.6. The normalized spacial score (nSPS) is 11.2. The van der Waals surface area contributed by atoms with Crippen molar-refractivity contribution >= 4 is 21.6 Å². The highest BCUT2D eigenvalue weighted by Gasteiger charge is 2.23. The summed E-state index contributed by atoms with van der Waals surface area (Å²) in [6.45, 7) is -0.287. The second kappa shape index (κ2) is 8.22. The van der Waals surface area contributed by atoms with Gasteiger partial charge >= 0.3 is 0 Å². The maximum Gasteiger partial charge on any atom is 0.241 e. The number of benzene rings is 2. The van der Waals surface area contributed by atoms with Gasteiger partial charge in [0.15, 0.2) is 0 Å². The van der Waals surface area contributed by atoms with Crippen LogP contribution >= 0.6 is 0 Å². The maximum atomic E-state index is 14.0. The Morgan fingerprint density at radius 1 is 1.18 bits per heavy atom. The Kier molecular flexibility index (Phi) is 5.74. The first-order chi connectivity index (χ1) is 13.3. The lowest BCUT2D eigenvalue weighted by Crippen LogP contribution is -2.40. The molecule has 0 fully saturated rings. The fourth-order valence-corrected chi connectivity index (χ4v) is 3.48. The molecule has 1 aromatic heterocycles. The number of anilines is 1. The van der Waals surface area contributed by atoms with E-state index in [1.165, 1.54) is 18.2 Å². The van der Waals surface area contributed by atoms with Gasteiger partial charge in [-0.3, -0.25) is 9.10 Å². The Balaban J connectivity index is 1.64. The summed E-state index contributed by atoms with van der Waals surface area (Å²) in [7, 11) is -3.83. The lowest BCUT2D eigenvalue weighted by molar-refractivity contribution is -0.119. The first-order valence-corrected chi connectivity index (χ1v) is 10.3. The number of imidazole rings is 1. The lowest BCUT2D eigenvalue weighted by Gasteiger charge is -2.22. The molecule has 2 aromatic carbocycles. The minimum atomic E-state index is -3.83. The van der Waals surface area contributed by atoms with E-state index in [1.54, 1.807) is 12.5 Å². The van der Waals surface area contributed by atoms with Gasteiger partial charge in [-0.15, -0.1) is 0 Å². The van der Waals surface area contributed by atoms with Crippen molar-refractivity contribution in [3.05, 3.63) is 78.6 Å². The van der Waals surface area contributed by atoms with Crippen LogP contribution in [0.1, 0.15) is 5.56 Å². The van der Waals surface area contributed by atoms with Crippen LogP contribution in [0.4, 0.5) is 10.1 Å². The van der Waals surface area contributed by atoms with E-state index in [0.29, 0.717) is 0 Å². The van der Waals surface area contributed by atoms with Crippen molar-refractivity contribution in [2.24, 2.45) is 0 Å². The monoisotopic (exact) mass is 402 g/mol. The molecule has 7 nitrogen and oxygen atoms in total. The molecule has 0 aliphatic carbocycles. The number of hydrogen-bond acceptors (Lipinski definition) is 4. The summed E-state index contributed by atoms with van der Waals surface area (Å²) in [6, 6.07) is 12.9. The van der Waals surface area contributed by atoms with E-state index < -0.39 is 28.3 Å². The van der Waals surface area contributed by atoms with Crippen LogP contribution in [0.25, 0.3) is 5.69 Å². The number of rotatable bonds is 7. The van der Waals surface area contributed by atoms with Crippen molar-refractivity contribution in [3.63, 3.8) is 0 Å². The van der Waals surface area contributed by atoms with E-state index in [0.717, 1.165) is 27.9 Å². The number of para-hydroxylation sites is 1. The first-order valence-electron chi connectivity index (χ1n) is 8.41. The molecule has 0 aliphatic heterocycles. The predicted octanol–water partition coefficient (Wildman–Crippen LogP) is 2.09. The Hall–Kier alpha value is -3.20. The molecule has 1 N–H and O–H groups in total. The zero-order valence-electron chi connectivity index (χ0n) is 15.1. The highest BCUT2D eigenvalue weighted by molar-refractivity contribution is 7.92. The van der Waals surface area contributed by atoms with E-state index in [-0.39, 0.29) is 12.2 Å². The Labute approximate surface area is 162 Å². The van der Waals surface area contributed by atoms with Gasteiger partial charge in [0.1, 0.15) is 12.4 Å². The van der Waals surface area contributed by atoms with Crippen molar-refractivity contribution in [2.75, 3.05) is 17.1 Å². The third-order valence-corrected chi connectivity index (χ3v) is 5.16. The number of halogens is 1. The van der Waals surface area contributed by atoms with E-state index in [2.05, 4.69) is 10.3 Å². The number of sulfonamides is 1. The molecule has 28 heavy (non-hydrogen) atoms. The van der Waals surface area contributed by atoms with Crippen LogP contribution in [0.2, 0.25) is 0 Å². The van der Waals surface area contributed by atoms with Gasteiger partial charge in [0, 0.05) is 24.6 Å². The van der Waals surface area contributed by atoms with Crippen molar-refractivity contribution in [2.45, 2.75) is 6.54 Å². The summed E-state index contributed by atoms with van der Waals surface area (Å²) in [5.74, 6) is -1.25. The third-order valence-electron chi connectivity index (χ3n) is 4.04. The molecule has 1 heterocycles. The number of amides is 1. The molecule has 0 saturated heterocycles. The fraction of sp³-hybridized carbons (Fsp3) is 0.158. The molecular weight excluding hydrogens is 383 g/mol. The minimum absolute atomic E-state index is 0.162. The third kappa shape index (κ3) is 4.74. The molecule has 1 amide bonds. The molecular formula is C19H19FN4O3S. The van der Waals surface area contributed by atoms with E-state index in [9.17, 15) is 17.6 Å². The molecule has 9 heteroatoms. The molecule has 0 bridgehead atoms. The van der Waals surface area contributed by atoms with Gasteiger partial charge in [0.25, 0.3) is 0 Å². The van der Waals surface area contributed by atoms with Crippen molar-refractivity contribution < 1.29 is 17.6 Å². The molecule has 0 saturated carbocycles. The Morgan fingerprint density at radius 2 is 1.89 bits per heavy atom. The average Bonchev–Trinajstić information content (AvgIpc) is 3.19. The van der Waals surface area contributed by atoms with E-state index in [4.69, 9.17) is 0 Å². The quantitative estimate of drug-likeness (QED) is 0.656. The van der Waals surface area contributed by atoms with Gasteiger partial charge in [0.05, 0.1) is 18.3 Å². The SMILES string of the molecule is CS(=O)(=O)N(CC(=O)NCc1ccc(-n2ccnc2)cc1)c1ccccc1F. The molecule has 146 valence electrons. The van der Waals surface area contributed by atoms with Crippen molar-refractivity contribution in [1.29, 1.82) is 0 Å². The second-order valence-electron chi connectivity index (χ2n) is 6.13. The van der Waals surface area contributed by atoms with Crippen LogP contribution in [0.15, 0.2) is 67.3 Å². The van der Waals surface area contributed by atoms with Gasteiger partial charge in [-0.25, -0.2) is 17.8 Å². The molecule has 0 spiro atoms. The number of hydrogen-bond donors (Lipinski definition) is 1. The second-order valence-corrected chi connectivity index (χ2v) is 8.04. The zero-order chi connectivity index (χ0) is 20.1. The molecule has 0 aliphatic rings. The van der Waals surface area contributed by atoms with Crippen molar-refractivity contribution in [3.8, 4) is 5.69 Å². The van der Waals surface area contributed by atoms with E-state index in [1.807, 2.05) is 35.0 Å². The van der Waals surface area contributed by atoms with E-state index >= 15 is 0 Å². The predicted molar refractivity (Wildman–Crippen MR) is 104 cm³/mol. The lowest BCUT2D eigenvalue weighted by atomic mass is 10.2. The number of nitrogens with one attached hydrogen (secondary N) is 1. The van der Waals surface area contributed by atoms with Crippen LogP contribution in [0.5, 0.6) is 0 Å². The Bertz CT molecular complexity index is 1050. The minimum Gasteiger partial charge on any atom is -0.350 e. The van der Waals surface area contributed by atoms with Gasteiger partial charge in [-0.05, 0) is 29.8 Å². The van der Waals surface area contributed by atoms with Gasteiger partial charge in [-0.1, -0.05) is 24.3 Å². The van der Waals surface area contributed by atoms with Crippen LogP contribution in [0.3, 0.4) is 0 Å². The highest BCUT2D eigenvalue weighted by atomic mass is 32.2. The van der Waals surface area contributed by atoms with Crippen LogP contribution in [0, 0.1) is 5.82 Å². The fourth-order valence-electron chi connectivity index (χ4n) is 2.62. The summed E-state index contributed by atoms with van der Waals surface area (Å²) in [5.41, 5.74) is 1.61. The summed E-state index contributed by atoms with van der Waals surface area (Å²) in [5, 5.41) is 2.66. The standard InChI is InChI=1S/C19H19FN4O3S/c1-28(26,27)24(18-5-3-2-4-17(18)20)13-19(25)22-12-15-6-8-16(9-7-15)23-11-10-21-14-23/h2-11,14H,12-13H2,1H3,(H,22,25).